The Morgan fingerprint density at radius 2 is 1.36 bits per heavy atom. The first-order valence-corrected chi connectivity index (χ1v) is 9.69. The van der Waals surface area contributed by atoms with E-state index in [0.29, 0.717) is 17.8 Å². The summed E-state index contributed by atoms with van der Waals surface area (Å²) in [6, 6.07) is 0. The van der Waals surface area contributed by atoms with Crippen LogP contribution < -0.4 is 0 Å². The summed E-state index contributed by atoms with van der Waals surface area (Å²) in [6.07, 6.45) is 23.9. The monoisotopic (exact) mass is 316 g/mol. The summed E-state index contributed by atoms with van der Waals surface area (Å²) in [4.78, 5) is 0. The predicted octanol–water partition coefficient (Wildman–Crippen LogP) is 6.18. The van der Waals surface area contributed by atoms with Crippen molar-refractivity contribution in [3.05, 3.63) is 48.6 Å². The molecule has 0 saturated carbocycles. The Hall–Kier alpha value is -0.610. The van der Waals surface area contributed by atoms with Crippen LogP contribution in [0.25, 0.3) is 0 Å². The Labute approximate surface area is 140 Å². The highest BCUT2D eigenvalue weighted by molar-refractivity contribution is 7.16. The van der Waals surface area contributed by atoms with Crippen molar-refractivity contribution >= 4 is 9.24 Å². The summed E-state index contributed by atoms with van der Waals surface area (Å²) in [5, 5.41) is 0. The van der Waals surface area contributed by atoms with Crippen molar-refractivity contribution < 1.29 is 0 Å². The van der Waals surface area contributed by atoms with Crippen LogP contribution in [0.1, 0.15) is 47.0 Å². The Kier molecular flexibility index (Phi) is 5.89. The zero-order valence-corrected chi connectivity index (χ0v) is 15.9. The van der Waals surface area contributed by atoms with Gasteiger partial charge in [0.25, 0.3) is 0 Å². The molecule has 0 N–H and O–H groups in total. The molecule has 1 heteroatoms. The molecule has 0 aromatic rings. The SMILES string of the molecule is CC1C=CC=CC1(C)C(CCCCP)C1(C)C=CC=CC1C. The van der Waals surface area contributed by atoms with Crippen LogP contribution in [0.2, 0.25) is 0 Å². The molecule has 2 aliphatic carbocycles. The maximum Gasteiger partial charge on any atom is -0.00466 e. The maximum atomic E-state index is 2.88. The van der Waals surface area contributed by atoms with Crippen LogP contribution in [0, 0.1) is 28.6 Å². The molecule has 2 rings (SSSR count). The normalized spacial score (nSPS) is 38.4. The molecule has 0 aromatic heterocycles. The van der Waals surface area contributed by atoms with Gasteiger partial charge in [-0.1, -0.05) is 82.7 Å². The number of hydrogen-bond acceptors (Lipinski definition) is 0. The average molecular weight is 316 g/mol. The van der Waals surface area contributed by atoms with Gasteiger partial charge in [0.05, 0.1) is 0 Å². The number of hydrogen-bond donors (Lipinski definition) is 0. The van der Waals surface area contributed by atoms with E-state index in [4.69, 9.17) is 0 Å². The van der Waals surface area contributed by atoms with E-state index in [2.05, 4.69) is 85.5 Å². The molecule has 0 aliphatic heterocycles. The van der Waals surface area contributed by atoms with Crippen molar-refractivity contribution in [2.75, 3.05) is 6.16 Å². The molecule has 122 valence electrons. The van der Waals surface area contributed by atoms with Gasteiger partial charge >= 0.3 is 0 Å². The van der Waals surface area contributed by atoms with Crippen molar-refractivity contribution in [2.24, 2.45) is 28.6 Å². The summed E-state index contributed by atoms with van der Waals surface area (Å²) in [5.74, 6) is 1.87. The third-order valence-corrected chi connectivity index (χ3v) is 6.75. The van der Waals surface area contributed by atoms with E-state index in [9.17, 15) is 0 Å². The van der Waals surface area contributed by atoms with Crippen molar-refractivity contribution in [3.63, 3.8) is 0 Å². The quantitative estimate of drug-likeness (QED) is 0.405. The van der Waals surface area contributed by atoms with Gasteiger partial charge in [-0.3, -0.25) is 0 Å². The van der Waals surface area contributed by atoms with Gasteiger partial charge < -0.3 is 0 Å². The third kappa shape index (κ3) is 3.33. The lowest BCUT2D eigenvalue weighted by Gasteiger charge is -2.51. The van der Waals surface area contributed by atoms with E-state index in [0.717, 1.165) is 0 Å². The third-order valence-electron chi connectivity index (χ3n) is 6.34. The molecule has 22 heavy (non-hydrogen) atoms. The lowest BCUT2D eigenvalue weighted by molar-refractivity contribution is 0.0514. The molecule has 0 aromatic carbocycles. The van der Waals surface area contributed by atoms with Crippen molar-refractivity contribution in [1.29, 1.82) is 0 Å². The maximum absolute atomic E-state index is 2.88. The number of allylic oxidation sites excluding steroid dienone is 8. The molecule has 0 amide bonds. The fourth-order valence-corrected chi connectivity index (χ4v) is 4.65. The van der Waals surface area contributed by atoms with Crippen LogP contribution in [0.15, 0.2) is 48.6 Å². The first-order valence-electron chi connectivity index (χ1n) is 8.87. The van der Waals surface area contributed by atoms with Gasteiger partial charge in [0.2, 0.25) is 0 Å². The lowest BCUT2D eigenvalue weighted by atomic mass is 9.52. The molecule has 0 radical (unpaired) electrons. The van der Waals surface area contributed by atoms with Crippen LogP contribution in [0.5, 0.6) is 0 Å². The van der Waals surface area contributed by atoms with Crippen molar-refractivity contribution in [2.45, 2.75) is 47.0 Å². The second-order valence-corrected chi connectivity index (χ2v) is 8.21. The molecule has 0 spiro atoms. The van der Waals surface area contributed by atoms with Crippen LogP contribution in [0.3, 0.4) is 0 Å². The highest BCUT2D eigenvalue weighted by Gasteiger charge is 2.47. The summed E-state index contributed by atoms with van der Waals surface area (Å²) in [6.45, 7) is 9.73. The number of unbranched alkanes of at least 4 members (excludes halogenated alkanes) is 1. The van der Waals surface area contributed by atoms with E-state index in [-0.39, 0.29) is 10.8 Å². The molecule has 0 nitrogen and oxygen atoms in total. The molecule has 0 fully saturated rings. The van der Waals surface area contributed by atoms with E-state index in [1.807, 2.05) is 0 Å². The molecule has 0 saturated heterocycles. The van der Waals surface area contributed by atoms with Crippen LogP contribution in [0.4, 0.5) is 0 Å². The predicted molar refractivity (Wildman–Crippen MR) is 103 cm³/mol. The second-order valence-electron chi connectivity index (χ2n) is 7.63. The largest absolute Gasteiger partial charge is 0.138 e. The first kappa shape index (κ1) is 17.7. The Morgan fingerprint density at radius 3 is 1.77 bits per heavy atom. The van der Waals surface area contributed by atoms with Gasteiger partial charge in [0, 0.05) is 0 Å². The average Bonchev–Trinajstić information content (AvgIpc) is 2.50. The molecule has 5 atom stereocenters. The van der Waals surface area contributed by atoms with Gasteiger partial charge in [0.1, 0.15) is 0 Å². The fraction of sp³-hybridized carbons (Fsp3) is 0.619. The molecule has 2 aliphatic rings. The standard InChI is InChI=1S/C21H33P/c1-17-11-5-8-14-20(17,3)19(13-7-10-16-22)21(4)15-9-6-12-18(21)2/h5-6,8-9,11-12,14-15,17-19H,7,10,13,16,22H2,1-4H3. The first-order chi connectivity index (χ1) is 10.4. The minimum Gasteiger partial charge on any atom is -0.138 e. The highest BCUT2D eigenvalue weighted by atomic mass is 31.0. The lowest BCUT2D eigenvalue weighted by Crippen LogP contribution is -2.45. The summed E-state index contributed by atoms with van der Waals surface area (Å²) in [7, 11) is 2.88. The van der Waals surface area contributed by atoms with Gasteiger partial charge in [0.15, 0.2) is 0 Å². The van der Waals surface area contributed by atoms with Crippen molar-refractivity contribution in [3.8, 4) is 0 Å². The Morgan fingerprint density at radius 1 is 0.864 bits per heavy atom. The molecule has 0 bridgehead atoms. The zero-order valence-electron chi connectivity index (χ0n) is 14.8. The topological polar surface area (TPSA) is 0 Å². The highest BCUT2D eigenvalue weighted by Crippen LogP contribution is 2.54. The molecular formula is C21H33P. The Balaban J connectivity index is 2.34. The minimum absolute atomic E-state index is 0.244. The van der Waals surface area contributed by atoms with Gasteiger partial charge in [-0.05, 0) is 47.6 Å². The van der Waals surface area contributed by atoms with E-state index in [1.165, 1.54) is 25.4 Å². The summed E-state index contributed by atoms with van der Waals surface area (Å²) >= 11 is 0. The molecule has 5 unspecified atom stereocenters. The second kappa shape index (κ2) is 7.31. The minimum atomic E-state index is 0.244. The van der Waals surface area contributed by atoms with E-state index in [1.54, 1.807) is 0 Å². The fourth-order valence-electron chi connectivity index (χ4n) is 4.36. The van der Waals surface area contributed by atoms with Crippen LogP contribution in [-0.4, -0.2) is 6.16 Å². The van der Waals surface area contributed by atoms with Crippen molar-refractivity contribution in [1.82, 2.24) is 0 Å². The van der Waals surface area contributed by atoms with Gasteiger partial charge in [-0.25, -0.2) is 0 Å². The number of rotatable bonds is 6. The smallest absolute Gasteiger partial charge is 0.00466 e. The van der Waals surface area contributed by atoms with E-state index >= 15 is 0 Å². The zero-order chi connectivity index (χ0) is 16.2. The summed E-state index contributed by atoms with van der Waals surface area (Å²) < 4.78 is 0. The van der Waals surface area contributed by atoms with Crippen LogP contribution in [-0.2, 0) is 0 Å². The van der Waals surface area contributed by atoms with E-state index < -0.39 is 0 Å². The molecule has 0 heterocycles. The Bertz CT molecular complexity index is 444. The van der Waals surface area contributed by atoms with Crippen LogP contribution >= 0.6 is 9.24 Å². The van der Waals surface area contributed by atoms with Gasteiger partial charge in [-0.2, -0.15) is 0 Å². The molecular weight excluding hydrogens is 283 g/mol. The summed E-state index contributed by atoms with van der Waals surface area (Å²) in [5.41, 5.74) is 0.488. The van der Waals surface area contributed by atoms with Gasteiger partial charge in [-0.15, -0.1) is 9.24 Å².